The average molecular weight is 320 g/mol. The van der Waals surface area contributed by atoms with Gasteiger partial charge in [-0.25, -0.2) is 4.39 Å². The second-order valence-corrected chi connectivity index (χ2v) is 7.08. The summed E-state index contributed by atoms with van der Waals surface area (Å²) in [5, 5.41) is 13.7. The maximum Gasteiger partial charge on any atom is 0.123 e. The molecule has 1 aromatic rings. The number of hydrogen-bond donors (Lipinski definition) is 2. The molecule has 0 spiro atoms. The van der Waals surface area contributed by atoms with Crippen LogP contribution in [0.25, 0.3) is 0 Å². The molecular weight excluding hydrogens is 291 g/mol. The van der Waals surface area contributed by atoms with Crippen LogP contribution < -0.4 is 5.32 Å². The number of aliphatic hydroxyl groups is 1. The van der Waals surface area contributed by atoms with E-state index in [4.69, 9.17) is 0 Å². The highest BCUT2D eigenvalue weighted by molar-refractivity contribution is 5.18. The maximum atomic E-state index is 12.9. The first-order valence-electron chi connectivity index (χ1n) is 9.13. The van der Waals surface area contributed by atoms with Crippen molar-refractivity contribution < 1.29 is 9.50 Å². The Morgan fingerprint density at radius 3 is 2.35 bits per heavy atom. The lowest BCUT2D eigenvalue weighted by molar-refractivity contribution is 0.108. The molecule has 3 nitrogen and oxygen atoms in total. The van der Waals surface area contributed by atoms with Crippen molar-refractivity contribution in [1.29, 1.82) is 0 Å². The molecule has 128 valence electrons. The third kappa shape index (κ3) is 4.75. The van der Waals surface area contributed by atoms with E-state index in [1.165, 1.54) is 57.3 Å². The van der Waals surface area contributed by atoms with Crippen molar-refractivity contribution in [1.82, 2.24) is 10.2 Å². The molecule has 1 aliphatic heterocycles. The monoisotopic (exact) mass is 320 g/mol. The van der Waals surface area contributed by atoms with Crippen LogP contribution in [0.4, 0.5) is 4.39 Å². The Hall–Kier alpha value is -0.970. The SMILES string of the molecule is OC(CNC1CCN(C2CCCCC2)CC1)c1ccc(F)cc1. The molecule has 3 rings (SSSR count). The third-order valence-corrected chi connectivity index (χ3v) is 5.48. The van der Waals surface area contributed by atoms with Crippen LogP contribution in [0, 0.1) is 5.82 Å². The molecule has 1 unspecified atom stereocenters. The van der Waals surface area contributed by atoms with Crippen LogP contribution in [0.5, 0.6) is 0 Å². The summed E-state index contributed by atoms with van der Waals surface area (Å²) < 4.78 is 12.9. The van der Waals surface area contributed by atoms with Crippen LogP contribution in [0.15, 0.2) is 24.3 Å². The van der Waals surface area contributed by atoms with Crippen LogP contribution in [-0.4, -0.2) is 41.7 Å². The lowest BCUT2D eigenvalue weighted by atomic mass is 9.92. The van der Waals surface area contributed by atoms with E-state index in [-0.39, 0.29) is 5.82 Å². The molecular formula is C19H29FN2O. The van der Waals surface area contributed by atoms with Gasteiger partial charge < -0.3 is 15.3 Å². The molecule has 2 fully saturated rings. The van der Waals surface area contributed by atoms with Gasteiger partial charge in [0.2, 0.25) is 0 Å². The van der Waals surface area contributed by atoms with Crippen LogP contribution in [0.2, 0.25) is 0 Å². The van der Waals surface area contributed by atoms with E-state index in [9.17, 15) is 9.50 Å². The van der Waals surface area contributed by atoms with E-state index >= 15 is 0 Å². The van der Waals surface area contributed by atoms with Crippen molar-refractivity contribution in [3.05, 3.63) is 35.6 Å². The summed E-state index contributed by atoms with van der Waals surface area (Å²) in [6.07, 6.45) is 8.71. The summed E-state index contributed by atoms with van der Waals surface area (Å²) in [7, 11) is 0. The van der Waals surface area contributed by atoms with Gasteiger partial charge in [0.25, 0.3) is 0 Å². The van der Waals surface area contributed by atoms with Crippen LogP contribution in [-0.2, 0) is 0 Å². The van der Waals surface area contributed by atoms with E-state index in [0.29, 0.717) is 12.6 Å². The number of nitrogens with one attached hydrogen (secondary N) is 1. The number of benzene rings is 1. The Labute approximate surface area is 138 Å². The summed E-state index contributed by atoms with van der Waals surface area (Å²) in [5.41, 5.74) is 0.776. The summed E-state index contributed by atoms with van der Waals surface area (Å²) in [6, 6.07) is 7.43. The second-order valence-electron chi connectivity index (χ2n) is 7.08. The fourth-order valence-corrected chi connectivity index (χ4v) is 4.00. The maximum absolute atomic E-state index is 12.9. The number of likely N-dealkylation sites (tertiary alicyclic amines) is 1. The first-order valence-corrected chi connectivity index (χ1v) is 9.13. The first kappa shape index (κ1) is 16.9. The molecule has 1 heterocycles. The molecule has 0 bridgehead atoms. The molecule has 4 heteroatoms. The zero-order valence-corrected chi connectivity index (χ0v) is 13.9. The molecule has 0 amide bonds. The van der Waals surface area contributed by atoms with Gasteiger partial charge >= 0.3 is 0 Å². The number of aliphatic hydroxyl groups excluding tert-OH is 1. The predicted molar refractivity (Wildman–Crippen MR) is 90.8 cm³/mol. The van der Waals surface area contributed by atoms with Gasteiger partial charge in [-0.3, -0.25) is 0 Å². The van der Waals surface area contributed by atoms with E-state index in [1.54, 1.807) is 12.1 Å². The van der Waals surface area contributed by atoms with Crippen molar-refractivity contribution in [3.8, 4) is 0 Å². The minimum atomic E-state index is -0.563. The van der Waals surface area contributed by atoms with Crippen molar-refractivity contribution in [2.45, 2.75) is 63.1 Å². The van der Waals surface area contributed by atoms with E-state index < -0.39 is 6.10 Å². The molecule has 23 heavy (non-hydrogen) atoms. The van der Waals surface area contributed by atoms with Gasteiger partial charge in [-0.05, 0) is 56.5 Å². The molecule has 1 saturated carbocycles. The molecule has 1 aromatic carbocycles. The minimum absolute atomic E-state index is 0.260. The zero-order chi connectivity index (χ0) is 16.1. The molecule has 0 radical (unpaired) electrons. The summed E-state index contributed by atoms with van der Waals surface area (Å²) in [6.45, 7) is 2.89. The molecule has 1 aliphatic carbocycles. The molecule has 2 aliphatic rings. The van der Waals surface area contributed by atoms with E-state index in [2.05, 4.69) is 10.2 Å². The summed E-state index contributed by atoms with van der Waals surface area (Å²) in [4.78, 5) is 2.67. The van der Waals surface area contributed by atoms with Crippen molar-refractivity contribution in [2.24, 2.45) is 0 Å². The molecule has 1 saturated heterocycles. The lowest BCUT2D eigenvalue weighted by Gasteiger charge is -2.39. The van der Waals surface area contributed by atoms with Gasteiger partial charge in [0.1, 0.15) is 5.82 Å². The van der Waals surface area contributed by atoms with Crippen LogP contribution in [0.1, 0.15) is 56.6 Å². The highest BCUT2D eigenvalue weighted by atomic mass is 19.1. The van der Waals surface area contributed by atoms with E-state index in [1.807, 2.05) is 0 Å². The van der Waals surface area contributed by atoms with Gasteiger partial charge in [0.05, 0.1) is 6.10 Å². The average Bonchev–Trinajstić information content (AvgIpc) is 2.61. The standard InChI is InChI=1S/C19H29FN2O/c20-16-8-6-15(7-9-16)19(23)14-21-17-10-12-22(13-11-17)18-4-2-1-3-5-18/h6-9,17-19,21,23H,1-5,10-14H2. The van der Waals surface area contributed by atoms with Gasteiger partial charge in [-0.2, -0.15) is 0 Å². The van der Waals surface area contributed by atoms with Gasteiger partial charge in [0, 0.05) is 18.6 Å². The Balaban J connectivity index is 1.39. The van der Waals surface area contributed by atoms with Crippen LogP contribution >= 0.6 is 0 Å². The van der Waals surface area contributed by atoms with Crippen molar-refractivity contribution in [3.63, 3.8) is 0 Å². The Morgan fingerprint density at radius 1 is 1.04 bits per heavy atom. The third-order valence-electron chi connectivity index (χ3n) is 5.48. The van der Waals surface area contributed by atoms with E-state index in [0.717, 1.165) is 24.4 Å². The molecule has 2 N–H and O–H groups in total. The van der Waals surface area contributed by atoms with Crippen LogP contribution in [0.3, 0.4) is 0 Å². The molecule has 0 aromatic heterocycles. The Morgan fingerprint density at radius 2 is 1.70 bits per heavy atom. The number of piperidine rings is 1. The minimum Gasteiger partial charge on any atom is -0.387 e. The number of rotatable bonds is 5. The van der Waals surface area contributed by atoms with Crippen molar-refractivity contribution in [2.75, 3.05) is 19.6 Å². The lowest BCUT2D eigenvalue weighted by Crippen LogP contribution is -2.47. The quantitative estimate of drug-likeness (QED) is 0.874. The number of halogens is 1. The topological polar surface area (TPSA) is 35.5 Å². The Bertz CT molecular complexity index is 465. The van der Waals surface area contributed by atoms with Crippen molar-refractivity contribution >= 4 is 0 Å². The summed E-state index contributed by atoms with van der Waals surface area (Å²) >= 11 is 0. The molecule has 1 atom stereocenters. The smallest absolute Gasteiger partial charge is 0.123 e. The number of nitrogens with zero attached hydrogens (tertiary/aromatic N) is 1. The largest absolute Gasteiger partial charge is 0.387 e. The zero-order valence-electron chi connectivity index (χ0n) is 13.9. The Kier molecular flexibility index (Phi) is 6.03. The predicted octanol–water partition coefficient (Wildman–Crippen LogP) is 3.25. The highest BCUT2D eigenvalue weighted by Crippen LogP contribution is 2.25. The van der Waals surface area contributed by atoms with Gasteiger partial charge in [0.15, 0.2) is 0 Å². The summed E-state index contributed by atoms with van der Waals surface area (Å²) in [5.74, 6) is -0.260. The first-order chi connectivity index (χ1) is 11.2. The fourth-order valence-electron chi connectivity index (χ4n) is 4.00. The normalized spacial score (nSPS) is 23.0. The highest BCUT2D eigenvalue weighted by Gasteiger charge is 2.26. The second kappa shape index (κ2) is 8.22. The van der Waals surface area contributed by atoms with Gasteiger partial charge in [-0.1, -0.05) is 31.4 Å². The van der Waals surface area contributed by atoms with Gasteiger partial charge in [-0.15, -0.1) is 0 Å². The number of hydrogen-bond acceptors (Lipinski definition) is 3. The fraction of sp³-hybridized carbons (Fsp3) is 0.684.